The van der Waals surface area contributed by atoms with Crippen molar-refractivity contribution in [3.8, 4) is 33.4 Å². The van der Waals surface area contributed by atoms with Crippen LogP contribution in [0.2, 0.25) is 0 Å². The van der Waals surface area contributed by atoms with Crippen molar-refractivity contribution in [3.63, 3.8) is 0 Å². The number of fused-ring (bicyclic) bond motifs is 4. The first-order valence-electron chi connectivity index (χ1n) is 16.7. The molecule has 8 rings (SSSR count). The maximum atomic E-state index is 2.51. The Balaban J connectivity index is 1.38. The summed E-state index contributed by atoms with van der Waals surface area (Å²) in [7, 11) is 0. The van der Waals surface area contributed by atoms with Crippen molar-refractivity contribution in [3.05, 3.63) is 174 Å². The summed E-state index contributed by atoms with van der Waals surface area (Å²) in [5, 5.41) is 2.52. The summed E-state index contributed by atoms with van der Waals surface area (Å²) in [6.07, 6.45) is 0. The van der Waals surface area contributed by atoms with E-state index in [1.807, 2.05) is 0 Å². The van der Waals surface area contributed by atoms with Crippen LogP contribution in [-0.4, -0.2) is 0 Å². The van der Waals surface area contributed by atoms with E-state index in [9.17, 15) is 0 Å². The van der Waals surface area contributed by atoms with E-state index in [0.29, 0.717) is 5.92 Å². The molecule has 0 aromatic heterocycles. The number of rotatable bonds is 6. The first-order chi connectivity index (χ1) is 22.9. The average molecular weight is 606 g/mol. The molecule has 47 heavy (non-hydrogen) atoms. The first kappa shape index (κ1) is 29.0. The molecule has 228 valence electrons. The predicted molar refractivity (Wildman–Crippen MR) is 201 cm³/mol. The molecule has 1 aliphatic rings. The van der Waals surface area contributed by atoms with Gasteiger partial charge in [0, 0.05) is 27.7 Å². The minimum Gasteiger partial charge on any atom is -0.309 e. The van der Waals surface area contributed by atoms with Crippen LogP contribution in [0.1, 0.15) is 50.3 Å². The van der Waals surface area contributed by atoms with E-state index in [0.717, 1.165) is 5.69 Å². The van der Waals surface area contributed by atoms with Gasteiger partial charge in [0.1, 0.15) is 0 Å². The van der Waals surface area contributed by atoms with Crippen LogP contribution in [-0.2, 0) is 5.41 Å². The maximum Gasteiger partial charge on any atom is 0.0621 e. The van der Waals surface area contributed by atoms with Gasteiger partial charge in [-0.1, -0.05) is 155 Å². The Kier molecular flexibility index (Phi) is 7.07. The molecule has 0 bridgehead atoms. The number of benzene rings is 7. The summed E-state index contributed by atoms with van der Waals surface area (Å²) in [5.74, 6) is 0.423. The molecule has 0 amide bonds. The molecule has 1 nitrogen and oxygen atoms in total. The van der Waals surface area contributed by atoms with Gasteiger partial charge in [0.2, 0.25) is 0 Å². The molecule has 7 aromatic rings. The standard InChI is InChI=1S/C46H39N/c1-31(2)34-18-14-19-37(29-34)47(36-27-25-33(26-28-36)39-21-11-10-20-38(39)32-15-6-5-7-16-32)45-40-22-9-8-17-35(40)30-43-44(45)41-23-12-13-24-42(41)46(43,3)4/h5-31H,1-4H3. The van der Waals surface area contributed by atoms with E-state index in [2.05, 4.69) is 190 Å². The third kappa shape index (κ3) is 4.86. The van der Waals surface area contributed by atoms with Crippen molar-refractivity contribution < 1.29 is 0 Å². The average Bonchev–Trinajstić information content (AvgIpc) is 3.34. The minimum absolute atomic E-state index is 0.110. The quantitative estimate of drug-likeness (QED) is 0.182. The van der Waals surface area contributed by atoms with Crippen LogP contribution in [0.4, 0.5) is 17.1 Å². The van der Waals surface area contributed by atoms with Crippen LogP contribution in [0, 0.1) is 0 Å². The second kappa shape index (κ2) is 11.4. The molecule has 0 aliphatic heterocycles. The van der Waals surface area contributed by atoms with Gasteiger partial charge in [-0.2, -0.15) is 0 Å². The van der Waals surface area contributed by atoms with E-state index in [4.69, 9.17) is 0 Å². The van der Waals surface area contributed by atoms with Crippen molar-refractivity contribution in [2.45, 2.75) is 39.0 Å². The highest BCUT2D eigenvalue weighted by Crippen LogP contribution is 2.56. The zero-order valence-electron chi connectivity index (χ0n) is 27.5. The highest BCUT2D eigenvalue weighted by molar-refractivity contribution is 6.09. The highest BCUT2D eigenvalue weighted by atomic mass is 15.1. The summed E-state index contributed by atoms with van der Waals surface area (Å²) in [6.45, 7) is 9.30. The number of hydrogen-bond donors (Lipinski definition) is 0. The van der Waals surface area contributed by atoms with Crippen molar-refractivity contribution in [1.82, 2.24) is 0 Å². The fourth-order valence-electron chi connectivity index (χ4n) is 7.54. The number of hydrogen-bond acceptors (Lipinski definition) is 1. The van der Waals surface area contributed by atoms with E-state index in [-0.39, 0.29) is 5.41 Å². The third-order valence-corrected chi connectivity index (χ3v) is 10.0. The Bertz CT molecular complexity index is 2240. The van der Waals surface area contributed by atoms with Crippen LogP contribution in [0.15, 0.2) is 158 Å². The van der Waals surface area contributed by atoms with Crippen LogP contribution >= 0.6 is 0 Å². The zero-order chi connectivity index (χ0) is 32.1. The lowest BCUT2D eigenvalue weighted by Gasteiger charge is -2.31. The van der Waals surface area contributed by atoms with Crippen molar-refractivity contribution in [1.29, 1.82) is 0 Å². The summed E-state index contributed by atoms with van der Waals surface area (Å²) in [6, 6.07) is 58.0. The Morgan fingerprint density at radius 3 is 1.83 bits per heavy atom. The monoisotopic (exact) mass is 605 g/mol. The van der Waals surface area contributed by atoms with Crippen LogP contribution < -0.4 is 4.90 Å². The van der Waals surface area contributed by atoms with Crippen LogP contribution in [0.25, 0.3) is 44.2 Å². The second-order valence-corrected chi connectivity index (χ2v) is 13.6. The fraction of sp³-hybridized carbons (Fsp3) is 0.130. The molecule has 0 saturated carbocycles. The molecule has 0 saturated heterocycles. The van der Waals surface area contributed by atoms with Gasteiger partial charge in [0.15, 0.2) is 0 Å². The van der Waals surface area contributed by atoms with E-state index >= 15 is 0 Å². The molecule has 0 radical (unpaired) electrons. The van der Waals surface area contributed by atoms with Gasteiger partial charge in [0.25, 0.3) is 0 Å². The fourth-order valence-corrected chi connectivity index (χ4v) is 7.54. The highest BCUT2D eigenvalue weighted by Gasteiger charge is 2.39. The van der Waals surface area contributed by atoms with E-state index in [1.54, 1.807) is 0 Å². The van der Waals surface area contributed by atoms with Gasteiger partial charge in [0.05, 0.1) is 5.69 Å². The zero-order valence-corrected chi connectivity index (χ0v) is 27.5. The second-order valence-electron chi connectivity index (χ2n) is 13.6. The molecule has 1 aliphatic carbocycles. The lowest BCUT2D eigenvalue weighted by Crippen LogP contribution is -2.16. The Morgan fingerprint density at radius 2 is 1.11 bits per heavy atom. The van der Waals surface area contributed by atoms with Gasteiger partial charge in [-0.15, -0.1) is 0 Å². The minimum atomic E-state index is -0.110. The smallest absolute Gasteiger partial charge is 0.0621 e. The van der Waals surface area contributed by atoms with Crippen LogP contribution in [0.5, 0.6) is 0 Å². The first-order valence-corrected chi connectivity index (χ1v) is 16.7. The number of nitrogens with zero attached hydrogens (tertiary/aromatic N) is 1. The van der Waals surface area contributed by atoms with Crippen LogP contribution in [0.3, 0.4) is 0 Å². The van der Waals surface area contributed by atoms with Crippen molar-refractivity contribution >= 4 is 27.8 Å². The Hall–Kier alpha value is -5.40. The van der Waals surface area contributed by atoms with Gasteiger partial charge in [-0.3, -0.25) is 0 Å². The lowest BCUT2D eigenvalue weighted by atomic mass is 9.81. The molecule has 0 heterocycles. The summed E-state index contributed by atoms with van der Waals surface area (Å²) in [4.78, 5) is 2.51. The molecule has 0 unspecified atom stereocenters. The molecular formula is C46H39N. The summed E-state index contributed by atoms with van der Waals surface area (Å²) >= 11 is 0. The molecule has 0 spiro atoms. The number of anilines is 3. The molecule has 0 N–H and O–H groups in total. The molecule has 0 atom stereocenters. The maximum absolute atomic E-state index is 2.51. The Morgan fingerprint density at radius 1 is 0.489 bits per heavy atom. The van der Waals surface area contributed by atoms with Gasteiger partial charge in [-0.05, 0) is 86.1 Å². The predicted octanol–water partition coefficient (Wildman–Crippen LogP) is 13.1. The van der Waals surface area contributed by atoms with Gasteiger partial charge >= 0.3 is 0 Å². The molecular weight excluding hydrogens is 567 g/mol. The van der Waals surface area contributed by atoms with Gasteiger partial charge in [-0.25, -0.2) is 0 Å². The SMILES string of the molecule is CC(C)c1cccc(N(c2ccc(-c3ccccc3-c3ccccc3)cc2)c2c3c(cc4ccccc24)C(C)(C)c2ccccc2-3)c1. The summed E-state index contributed by atoms with van der Waals surface area (Å²) < 4.78 is 0. The molecule has 1 heteroatoms. The van der Waals surface area contributed by atoms with E-state index < -0.39 is 0 Å². The van der Waals surface area contributed by atoms with Crippen molar-refractivity contribution in [2.24, 2.45) is 0 Å². The molecule has 7 aromatic carbocycles. The van der Waals surface area contributed by atoms with Gasteiger partial charge < -0.3 is 4.90 Å². The largest absolute Gasteiger partial charge is 0.309 e. The lowest BCUT2D eigenvalue weighted by molar-refractivity contribution is 0.661. The third-order valence-electron chi connectivity index (χ3n) is 10.0. The van der Waals surface area contributed by atoms with Crippen molar-refractivity contribution in [2.75, 3.05) is 4.90 Å². The van der Waals surface area contributed by atoms with E-state index in [1.165, 1.54) is 72.2 Å². The normalized spacial score (nSPS) is 13.0. The molecule has 0 fully saturated rings. The topological polar surface area (TPSA) is 3.24 Å². The summed E-state index contributed by atoms with van der Waals surface area (Å²) in [5.41, 5.74) is 15.1. The Labute approximate surface area is 278 Å².